The number of hydrogen-bond donors (Lipinski definition) is 2. The summed E-state index contributed by atoms with van der Waals surface area (Å²) in [7, 11) is 1.86. The van der Waals surface area contributed by atoms with Crippen LogP contribution in [0.1, 0.15) is 25.5 Å². The summed E-state index contributed by atoms with van der Waals surface area (Å²) in [5, 5.41) is 14.0. The number of nitrogens with one attached hydrogen (secondary N) is 1. The van der Waals surface area contributed by atoms with Gasteiger partial charge < -0.3 is 10.4 Å². The van der Waals surface area contributed by atoms with Crippen LogP contribution < -0.4 is 5.32 Å². The molecule has 0 fully saturated rings. The van der Waals surface area contributed by atoms with Crippen LogP contribution in [0.4, 0.5) is 0 Å². The van der Waals surface area contributed by atoms with Gasteiger partial charge in [-0.25, -0.2) is 0 Å². The van der Waals surface area contributed by atoms with Crippen molar-refractivity contribution in [2.24, 2.45) is 5.92 Å². The molecule has 15 heavy (non-hydrogen) atoms. The van der Waals surface area contributed by atoms with Crippen LogP contribution in [0.25, 0.3) is 0 Å². The molecular formula is C12H18ClNO. The molecule has 2 atom stereocenters. The first-order valence-corrected chi connectivity index (χ1v) is 5.55. The van der Waals surface area contributed by atoms with E-state index in [1.807, 2.05) is 19.2 Å². The number of rotatable bonds is 4. The molecule has 84 valence electrons. The third-order valence-electron chi connectivity index (χ3n) is 2.60. The summed E-state index contributed by atoms with van der Waals surface area (Å²) in [4.78, 5) is 0. The summed E-state index contributed by atoms with van der Waals surface area (Å²) in [6.07, 6.45) is -0.493. The maximum atomic E-state index is 10.1. The van der Waals surface area contributed by atoms with Gasteiger partial charge in [0.25, 0.3) is 0 Å². The lowest BCUT2D eigenvalue weighted by Crippen LogP contribution is -2.36. The fourth-order valence-electron chi connectivity index (χ4n) is 1.72. The van der Waals surface area contributed by atoms with E-state index < -0.39 is 6.10 Å². The number of benzene rings is 1. The Bertz CT molecular complexity index is 297. The first-order valence-electron chi connectivity index (χ1n) is 5.17. The second-order valence-corrected chi connectivity index (χ2v) is 4.49. The SMILES string of the molecule is CNC(C(C)C)C(O)c1ccc(Cl)cc1. The molecule has 0 aliphatic heterocycles. The molecule has 0 aliphatic rings. The Morgan fingerprint density at radius 1 is 1.20 bits per heavy atom. The van der Waals surface area contributed by atoms with Crippen molar-refractivity contribution in [1.82, 2.24) is 5.32 Å². The van der Waals surface area contributed by atoms with Gasteiger partial charge in [0.05, 0.1) is 6.10 Å². The standard InChI is InChI=1S/C12H18ClNO/c1-8(2)11(14-3)12(15)9-4-6-10(13)7-5-9/h4-8,11-12,14-15H,1-3H3. The van der Waals surface area contributed by atoms with Crippen molar-refractivity contribution in [3.05, 3.63) is 34.9 Å². The predicted octanol–water partition coefficient (Wildman–Crippen LogP) is 2.62. The minimum absolute atomic E-state index is 0.0613. The number of hydrogen-bond acceptors (Lipinski definition) is 2. The molecule has 0 aliphatic carbocycles. The lowest BCUT2D eigenvalue weighted by atomic mass is 9.94. The Morgan fingerprint density at radius 2 is 1.73 bits per heavy atom. The monoisotopic (exact) mass is 227 g/mol. The van der Waals surface area contributed by atoms with Crippen LogP contribution in [-0.2, 0) is 0 Å². The van der Waals surface area contributed by atoms with Crippen molar-refractivity contribution in [2.75, 3.05) is 7.05 Å². The van der Waals surface area contributed by atoms with Crippen LogP contribution in [0.3, 0.4) is 0 Å². The van der Waals surface area contributed by atoms with Gasteiger partial charge in [-0.3, -0.25) is 0 Å². The van der Waals surface area contributed by atoms with E-state index in [0.29, 0.717) is 10.9 Å². The van der Waals surface area contributed by atoms with E-state index >= 15 is 0 Å². The lowest BCUT2D eigenvalue weighted by molar-refractivity contribution is 0.110. The van der Waals surface area contributed by atoms with Gasteiger partial charge >= 0.3 is 0 Å². The molecule has 0 radical (unpaired) electrons. The number of halogens is 1. The summed E-state index contributed by atoms with van der Waals surface area (Å²) in [5.74, 6) is 0.376. The van der Waals surface area contributed by atoms with Crippen LogP contribution in [0.5, 0.6) is 0 Å². The molecular weight excluding hydrogens is 210 g/mol. The fraction of sp³-hybridized carbons (Fsp3) is 0.500. The van der Waals surface area contributed by atoms with Gasteiger partial charge in [0.15, 0.2) is 0 Å². The number of likely N-dealkylation sites (N-methyl/N-ethyl adjacent to an activating group) is 1. The molecule has 0 saturated carbocycles. The zero-order chi connectivity index (χ0) is 11.4. The van der Waals surface area contributed by atoms with Crippen molar-refractivity contribution in [3.8, 4) is 0 Å². The summed E-state index contributed by atoms with van der Waals surface area (Å²) in [6, 6.07) is 7.38. The Morgan fingerprint density at radius 3 is 2.13 bits per heavy atom. The normalized spacial score (nSPS) is 15.3. The van der Waals surface area contributed by atoms with E-state index in [9.17, 15) is 5.11 Å². The maximum Gasteiger partial charge on any atom is 0.0945 e. The fourth-order valence-corrected chi connectivity index (χ4v) is 1.85. The molecule has 0 amide bonds. The third kappa shape index (κ3) is 3.20. The van der Waals surface area contributed by atoms with E-state index in [1.165, 1.54) is 0 Å². The number of aliphatic hydroxyl groups is 1. The molecule has 3 heteroatoms. The highest BCUT2D eigenvalue weighted by Gasteiger charge is 2.21. The second kappa shape index (κ2) is 5.50. The summed E-state index contributed by atoms with van der Waals surface area (Å²) < 4.78 is 0. The van der Waals surface area contributed by atoms with Crippen LogP contribution >= 0.6 is 11.6 Å². The predicted molar refractivity (Wildman–Crippen MR) is 64.1 cm³/mol. The van der Waals surface area contributed by atoms with Gasteiger partial charge in [0.1, 0.15) is 0 Å². The van der Waals surface area contributed by atoms with Gasteiger partial charge in [-0.2, -0.15) is 0 Å². The van der Waals surface area contributed by atoms with Crippen molar-refractivity contribution in [1.29, 1.82) is 0 Å². The summed E-state index contributed by atoms with van der Waals surface area (Å²) >= 11 is 5.80. The first-order chi connectivity index (χ1) is 7.06. The van der Waals surface area contributed by atoms with Crippen LogP contribution in [-0.4, -0.2) is 18.2 Å². The molecule has 2 N–H and O–H groups in total. The molecule has 0 heterocycles. The third-order valence-corrected chi connectivity index (χ3v) is 2.86. The van der Waals surface area contributed by atoms with Gasteiger partial charge in [0.2, 0.25) is 0 Å². The highest BCUT2D eigenvalue weighted by molar-refractivity contribution is 6.30. The quantitative estimate of drug-likeness (QED) is 0.829. The molecule has 2 nitrogen and oxygen atoms in total. The Hall–Kier alpha value is -0.570. The van der Waals surface area contributed by atoms with Crippen LogP contribution in [0, 0.1) is 5.92 Å². The smallest absolute Gasteiger partial charge is 0.0945 e. The van der Waals surface area contributed by atoms with Crippen molar-refractivity contribution in [2.45, 2.75) is 26.0 Å². The Kier molecular flexibility index (Phi) is 4.58. The van der Waals surface area contributed by atoms with Gasteiger partial charge in [-0.15, -0.1) is 0 Å². The van der Waals surface area contributed by atoms with E-state index in [-0.39, 0.29) is 6.04 Å². The van der Waals surface area contributed by atoms with E-state index in [0.717, 1.165) is 5.56 Å². The van der Waals surface area contributed by atoms with Gasteiger partial charge in [-0.1, -0.05) is 37.6 Å². The molecule has 1 aromatic carbocycles. The molecule has 0 spiro atoms. The molecule has 1 rings (SSSR count). The summed E-state index contributed by atoms with van der Waals surface area (Å²) in [5.41, 5.74) is 0.896. The average molecular weight is 228 g/mol. The Balaban J connectivity index is 2.82. The van der Waals surface area contributed by atoms with Crippen LogP contribution in [0.15, 0.2) is 24.3 Å². The maximum absolute atomic E-state index is 10.1. The average Bonchev–Trinajstić information content (AvgIpc) is 2.19. The van der Waals surface area contributed by atoms with Crippen LogP contribution in [0.2, 0.25) is 5.02 Å². The zero-order valence-electron chi connectivity index (χ0n) is 9.37. The van der Waals surface area contributed by atoms with E-state index in [1.54, 1.807) is 12.1 Å². The van der Waals surface area contributed by atoms with E-state index in [2.05, 4.69) is 19.2 Å². The summed E-state index contributed by atoms with van der Waals surface area (Å²) in [6.45, 7) is 4.17. The van der Waals surface area contributed by atoms with Gasteiger partial charge in [0, 0.05) is 11.1 Å². The van der Waals surface area contributed by atoms with Gasteiger partial charge in [-0.05, 0) is 30.7 Å². The minimum Gasteiger partial charge on any atom is -0.387 e. The molecule has 1 aromatic rings. The number of aliphatic hydroxyl groups excluding tert-OH is 1. The topological polar surface area (TPSA) is 32.3 Å². The molecule has 2 unspecified atom stereocenters. The highest BCUT2D eigenvalue weighted by Crippen LogP contribution is 2.22. The van der Waals surface area contributed by atoms with Crippen molar-refractivity contribution >= 4 is 11.6 Å². The largest absolute Gasteiger partial charge is 0.387 e. The van der Waals surface area contributed by atoms with Crippen molar-refractivity contribution in [3.63, 3.8) is 0 Å². The van der Waals surface area contributed by atoms with E-state index in [4.69, 9.17) is 11.6 Å². The van der Waals surface area contributed by atoms with Crippen molar-refractivity contribution < 1.29 is 5.11 Å². The molecule has 0 saturated heterocycles. The molecule has 0 aromatic heterocycles. The highest BCUT2D eigenvalue weighted by atomic mass is 35.5. The Labute approximate surface area is 96.3 Å². The minimum atomic E-state index is -0.493. The zero-order valence-corrected chi connectivity index (χ0v) is 10.1. The second-order valence-electron chi connectivity index (χ2n) is 4.05. The lowest BCUT2D eigenvalue weighted by Gasteiger charge is -2.26. The first kappa shape index (κ1) is 12.5. The molecule has 0 bridgehead atoms.